The highest BCUT2D eigenvalue weighted by Crippen LogP contribution is 2.24. The molecule has 1 amide bonds. The lowest BCUT2D eigenvalue weighted by Gasteiger charge is -2.08. The van der Waals surface area contributed by atoms with Crippen LogP contribution < -0.4 is 5.32 Å². The van der Waals surface area contributed by atoms with Gasteiger partial charge in [-0.25, -0.2) is 0 Å². The van der Waals surface area contributed by atoms with Crippen molar-refractivity contribution >= 4 is 11.8 Å². The predicted octanol–water partition coefficient (Wildman–Crippen LogP) is 2.34. The smallest absolute Gasteiger partial charge is 0.231 e. The van der Waals surface area contributed by atoms with Gasteiger partial charge in [-0.15, -0.1) is 0 Å². The first-order chi connectivity index (χ1) is 11.7. The van der Waals surface area contributed by atoms with E-state index >= 15 is 0 Å². The van der Waals surface area contributed by atoms with Crippen LogP contribution in [-0.4, -0.2) is 29.1 Å². The van der Waals surface area contributed by atoms with Crippen molar-refractivity contribution in [2.24, 2.45) is 5.92 Å². The quantitative estimate of drug-likeness (QED) is 0.866. The fourth-order valence-corrected chi connectivity index (χ4v) is 2.76. The average molecular weight is 321 g/mol. The molecule has 1 N–H and O–H groups in total. The molecule has 0 unspecified atom stereocenters. The van der Waals surface area contributed by atoms with Gasteiger partial charge in [-0.05, 0) is 24.5 Å². The number of hydrogen-bond donors (Lipinski definition) is 1. The Bertz CT molecular complexity index is 830. The van der Waals surface area contributed by atoms with Crippen LogP contribution in [0, 0.1) is 28.7 Å². The molecule has 1 saturated heterocycles. The number of likely N-dealkylation sites (tertiary alicyclic amines) is 1. The lowest BCUT2D eigenvalue weighted by Crippen LogP contribution is -2.19. The minimum atomic E-state index is -0.159. The van der Waals surface area contributed by atoms with Crippen LogP contribution in [0.2, 0.25) is 0 Å². The highest BCUT2D eigenvalue weighted by molar-refractivity contribution is 5.90. The predicted molar refractivity (Wildman–Crippen MR) is 85.2 cm³/mol. The highest BCUT2D eigenvalue weighted by atomic mass is 16.5. The Morgan fingerprint density at radius 2 is 2.29 bits per heavy atom. The van der Waals surface area contributed by atoms with Crippen molar-refractivity contribution in [3.8, 4) is 23.5 Å². The number of anilines is 1. The van der Waals surface area contributed by atoms with Gasteiger partial charge < -0.3 is 9.42 Å². The van der Waals surface area contributed by atoms with Crippen LogP contribution in [0.5, 0.6) is 0 Å². The molecule has 0 spiro atoms. The normalized spacial score (nSPS) is 16.4. The summed E-state index contributed by atoms with van der Waals surface area (Å²) in [5, 5.41) is 24.4. The summed E-state index contributed by atoms with van der Waals surface area (Å²) in [7, 11) is 0. The van der Waals surface area contributed by atoms with Crippen molar-refractivity contribution in [1.82, 2.24) is 10.1 Å². The van der Waals surface area contributed by atoms with Gasteiger partial charge in [-0.1, -0.05) is 17.3 Å². The first-order valence-corrected chi connectivity index (χ1v) is 7.59. The summed E-state index contributed by atoms with van der Waals surface area (Å²) in [4.78, 5) is 13.7. The van der Waals surface area contributed by atoms with E-state index in [9.17, 15) is 4.79 Å². The monoisotopic (exact) mass is 321 g/mol. The maximum Gasteiger partial charge on any atom is 0.231 e. The largest absolute Gasteiger partial charge is 0.338 e. The van der Waals surface area contributed by atoms with Crippen molar-refractivity contribution in [3.63, 3.8) is 0 Å². The molecule has 1 aliphatic rings. The maximum atomic E-state index is 12.1. The van der Waals surface area contributed by atoms with E-state index in [1.165, 1.54) is 0 Å². The van der Waals surface area contributed by atoms with E-state index in [1.54, 1.807) is 29.2 Å². The zero-order valence-corrected chi connectivity index (χ0v) is 12.9. The fourth-order valence-electron chi connectivity index (χ4n) is 2.76. The molecule has 1 aliphatic heterocycles. The molecule has 1 atom stereocenters. The third-order valence-electron chi connectivity index (χ3n) is 3.96. The molecule has 0 radical (unpaired) electrons. The Balaban J connectivity index is 1.61. The number of hydrogen-bond acceptors (Lipinski definition) is 6. The molecule has 2 heterocycles. The molecule has 2 aromatic rings. The van der Waals surface area contributed by atoms with Gasteiger partial charge in [0.2, 0.25) is 11.8 Å². The second-order valence-electron chi connectivity index (χ2n) is 5.72. The number of carbonyl (C=O) groups excluding carboxylic acids is 1. The zero-order chi connectivity index (χ0) is 16.9. The number of rotatable bonds is 4. The fraction of sp³-hybridized carbons (Fsp3) is 0.294. The van der Waals surface area contributed by atoms with E-state index in [0.29, 0.717) is 30.8 Å². The first-order valence-electron chi connectivity index (χ1n) is 7.59. The van der Waals surface area contributed by atoms with Gasteiger partial charge >= 0.3 is 0 Å². The second kappa shape index (κ2) is 6.84. The van der Waals surface area contributed by atoms with Crippen LogP contribution in [0.25, 0.3) is 11.3 Å². The van der Waals surface area contributed by atoms with E-state index < -0.39 is 0 Å². The standard InChI is InChI=1S/C17H15N5O2/c18-9-12-2-1-3-14(6-12)15-8-17(24-21-15)20-16(23)7-13-4-5-22(10-13)11-19/h1-3,6,8,13H,4-5,7,10H2,(H,20,23)/t13-/m0/s1. The van der Waals surface area contributed by atoms with Gasteiger partial charge in [0, 0.05) is 31.1 Å². The third-order valence-corrected chi connectivity index (χ3v) is 3.96. The van der Waals surface area contributed by atoms with Crippen molar-refractivity contribution in [2.45, 2.75) is 12.8 Å². The van der Waals surface area contributed by atoms with Crippen LogP contribution in [0.15, 0.2) is 34.9 Å². The van der Waals surface area contributed by atoms with Crippen LogP contribution in [0.1, 0.15) is 18.4 Å². The SMILES string of the molecule is N#Cc1cccc(-c2cc(NC(=O)C[C@@H]3CCN(C#N)C3)on2)c1. The number of carbonyl (C=O) groups is 1. The Morgan fingerprint density at radius 3 is 3.04 bits per heavy atom. The molecular weight excluding hydrogens is 306 g/mol. The van der Waals surface area contributed by atoms with E-state index in [1.807, 2.05) is 6.07 Å². The van der Waals surface area contributed by atoms with Crippen LogP contribution in [0.4, 0.5) is 5.88 Å². The first kappa shape index (κ1) is 15.6. The molecule has 7 heteroatoms. The van der Waals surface area contributed by atoms with Gasteiger partial charge in [-0.2, -0.15) is 10.5 Å². The number of aromatic nitrogens is 1. The van der Waals surface area contributed by atoms with Gasteiger partial charge in [-0.3, -0.25) is 10.1 Å². The minimum Gasteiger partial charge on any atom is -0.338 e. The summed E-state index contributed by atoms with van der Waals surface area (Å²) in [6.07, 6.45) is 3.28. The molecule has 0 aliphatic carbocycles. The zero-order valence-electron chi connectivity index (χ0n) is 12.9. The molecule has 1 aromatic heterocycles. The molecule has 24 heavy (non-hydrogen) atoms. The van der Waals surface area contributed by atoms with Crippen LogP contribution in [-0.2, 0) is 4.79 Å². The topological polar surface area (TPSA) is 106 Å². The van der Waals surface area contributed by atoms with Gasteiger partial charge in [0.1, 0.15) is 5.69 Å². The summed E-state index contributed by atoms with van der Waals surface area (Å²) in [6, 6.07) is 10.7. The van der Waals surface area contributed by atoms with Gasteiger partial charge in [0.15, 0.2) is 6.19 Å². The molecule has 3 rings (SSSR count). The lowest BCUT2D eigenvalue weighted by molar-refractivity contribution is -0.117. The Kier molecular flexibility index (Phi) is 4.44. The van der Waals surface area contributed by atoms with Crippen molar-refractivity contribution in [3.05, 3.63) is 35.9 Å². The molecule has 0 saturated carbocycles. The van der Waals surface area contributed by atoms with E-state index in [-0.39, 0.29) is 17.7 Å². The van der Waals surface area contributed by atoms with Crippen molar-refractivity contribution < 1.29 is 9.32 Å². The molecular formula is C17H15N5O2. The summed E-state index contributed by atoms with van der Waals surface area (Å²) >= 11 is 0. The summed E-state index contributed by atoms with van der Waals surface area (Å²) in [5.41, 5.74) is 1.84. The average Bonchev–Trinajstić information content (AvgIpc) is 3.24. The van der Waals surface area contributed by atoms with Gasteiger partial charge in [0.25, 0.3) is 0 Å². The Morgan fingerprint density at radius 1 is 1.42 bits per heavy atom. The highest BCUT2D eigenvalue weighted by Gasteiger charge is 2.24. The van der Waals surface area contributed by atoms with Crippen molar-refractivity contribution in [1.29, 1.82) is 10.5 Å². The third kappa shape index (κ3) is 3.53. The Hall–Kier alpha value is -3.32. The molecule has 120 valence electrons. The lowest BCUT2D eigenvalue weighted by atomic mass is 10.0. The molecule has 1 aromatic carbocycles. The van der Waals surface area contributed by atoms with Crippen LogP contribution in [0.3, 0.4) is 0 Å². The second-order valence-corrected chi connectivity index (χ2v) is 5.72. The molecule has 7 nitrogen and oxygen atoms in total. The summed E-state index contributed by atoms with van der Waals surface area (Å²) < 4.78 is 5.14. The summed E-state index contributed by atoms with van der Waals surface area (Å²) in [6.45, 7) is 1.32. The Labute approximate surface area is 139 Å². The maximum absolute atomic E-state index is 12.1. The number of benzene rings is 1. The van der Waals surface area contributed by atoms with Crippen LogP contribution >= 0.6 is 0 Å². The number of nitrogens with one attached hydrogen (secondary N) is 1. The number of nitrogens with zero attached hydrogens (tertiary/aromatic N) is 4. The molecule has 0 bridgehead atoms. The van der Waals surface area contributed by atoms with E-state index in [2.05, 4.69) is 22.7 Å². The number of nitriles is 2. The van der Waals surface area contributed by atoms with E-state index in [0.717, 1.165) is 12.0 Å². The number of amides is 1. The van der Waals surface area contributed by atoms with Gasteiger partial charge in [0.05, 0.1) is 11.6 Å². The minimum absolute atomic E-state index is 0.159. The van der Waals surface area contributed by atoms with Crippen molar-refractivity contribution in [2.75, 3.05) is 18.4 Å². The molecule has 1 fully saturated rings. The van der Waals surface area contributed by atoms with E-state index in [4.69, 9.17) is 15.0 Å². The summed E-state index contributed by atoms with van der Waals surface area (Å²) in [5.74, 6) is 0.292.